The van der Waals surface area contributed by atoms with Crippen molar-refractivity contribution in [1.82, 2.24) is 18.7 Å². The number of aryl methyl sites for hydroxylation is 1. The molecule has 2 aromatic heterocycles. The van der Waals surface area contributed by atoms with Crippen molar-refractivity contribution in [1.29, 1.82) is 0 Å². The lowest BCUT2D eigenvalue weighted by molar-refractivity contribution is 0.281. The molecule has 2 heterocycles. The molecule has 0 aliphatic heterocycles. The molecule has 0 saturated heterocycles. The van der Waals surface area contributed by atoms with Crippen LogP contribution < -0.4 is 11.2 Å². The Balaban J connectivity index is 2.66. The minimum absolute atomic E-state index is 0.0717. The smallest absolute Gasteiger partial charge is 0.332 e. The van der Waals surface area contributed by atoms with E-state index in [9.17, 15) is 9.59 Å². The fraction of sp³-hybridized carbons (Fsp3) is 0.615. The van der Waals surface area contributed by atoms with E-state index in [0.29, 0.717) is 24.1 Å². The summed E-state index contributed by atoms with van der Waals surface area (Å²) in [5, 5.41) is 8.82. The summed E-state index contributed by atoms with van der Waals surface area (Å²) in [5.41, 5.74) is 0.192. The minimum atomic E-state index is -0.349. The first-order valence-corrected chi connectivity index (χ1v) is 6.76. The van der Waals surface area contributed by atoms with Crippen LogP contribution in [0.4, 0.5) is 0 Å². The maximum atomic E-state index is 12.3. The standard InChI is InChI=1S/C13H20N4O3/c1-9(2)17-11-10(12(19)15(3)13(17)20)16(8-14-11)6-4-5-7-18/h8-9,18H,4-7H2,1-3H3. The summed E-state index contributed by atoms with van der Waals surface area (Å²) in [4.78, 5) is 28.7. The molecule has 0 amide bonds. The van der Waals surface area contributed by atoms with E-state index in [0.717, 1.165) is 11.0 Å². The number of unbranched alkanes of at least 4 members (excludes halogenated alkanes) is 1. The number of aliphatic hydroxyl groups excluding tert-OH is 1. The van der Waals surface area contributed by atoms with Crippen molar-refractivity contribution in [2.75, 3.05) is 6.61 Å². The Hall–Kier alpha value is -1.89. The topological polar surface area (TPSA) is 82.0 Å². The summed E-state index contributed by atoms with van der Waals surface area (Å²) in [5.74, 6) is 0. The highest BCUT2D eigenvalue weighted by atomic mass is 16.3. The van der Waals surface area contributed by atoms with Gasteiger partial charge in [0.05, 0.1) is 6.33 Å². The van der Waals surface area contributed by atoms with Crippen molar-refractivity contribution in [2.24, 2.45) is 7.05 Å². The molecule has 0 aromatic carbocycles. The molecule has 0 fully saturated rings. The minimum Gasteiger partial charge on any atom is -0.396 e. The van der Waals surface area contributed by atoms with Gasteiger partial charge in [-0.1, -0.05) is 0 Å². The van der Waals surface area contributed by atoms with Gasteiger partial charge in [0.1, 0.15) is 0 Å². The maximum absolute atomic E-state index is 12.3. The molecule has 2 aromatic rings. The van der Waals surface area contributed by atoms with Crippen molar-refractivity contribution in [3.63, 3.8) is 0 Å². The highest BCUT2D eigenvalue weighted by molar-refractivity contribution is 5.70. The molecule has 0 unspecified atom stereocenters. The van der Waals surface area contributed by atoms with E-state index in [-0.39, 0.29) is 23.9 Å². The highest BCUT2D eigenvalue weighted by Crippen LogP contribution is 2.12. The van der Waals surface area contributed by atoms with Gasteiger partial charge in [-0.05, 0) is 26.7 Å². The van der Waals surface area contributed by atoms with Crippen molar-refractivity contribution < 1.29 is 5.11 Å². The van der Waals surface area contributed by atoms with Gasteiger partial charge in [-0.15, -0.1) is 0 Å². The zero-order chi connectivity index (χ0) is 14.9. The largest absolute Gasteiger partial charge is 0.396 e. The average molecular weight is 280 g/mol. The first kappa shape index (κ1) is 14.5. The lowest BCUT2D eigenvalue weighted by Gasteiger charge is -2.12. The van der Waals surface area contributed by atoms with Crippen molar-refractivity contribution in [2.45, 2.75) is 39.3 Å². The molecule has 0 radical (unpaired) electrons. The van der Waals surface area contributed by atoms with Gasteiger partial charge in [0.2, 0.25) is 0 Å². The van der Waals surface area contributed by atoms with Gasteiger partial charge < -0.3 is 9.67 Å². The number of rotatable bonds is 5. The van der Waals surface area contributed by atoms with E-state index in [1.54, 1.807) is 10.9 Å². The van der Waals surface area contributed by atoms with Gasteiger partial charge in [0.15, 0.2) is 11.2 Å². The third-order valence-corrected chi connectivity index (χ3v) is 3.37. The van der Waals surface area contributed by atoms with Gasteiger partial charge in [-0.3, -0.25) is 13.9 Å². The zero-order valence-electron chi connectivity index (χ0n) is 12.0. The first-order chi connectivity index (χ1) is 9.49. The predicted molar refractivity (Wildman–Crippen MR) is 75.9 cm³/mol. The quantitative estimate of drug-likeness (QED) is 0.796. The van der Waals surface area contributed by atoms with E-state index >= 15 is 0 Å². The number of imidazole rings is 1. The van der Waals surface area contributed by atoms with E-state index in [2.05, 4.69) is 4.98 Å². The van der Waals surface area contributed by atoms with Crippen LogP contribution in [0.25, 0.3) is 11.2 Å². The lowest BCUT2D eigenvalue weighted by Crippen LogP contribution is -2.39. The van der Waals surface area contributed by atoms with Crippen LogP contribution in [-0.2, 0) is 13.6 Å². The molecular weight excluding hydrogens is 260 g/mol. The van der Waals surface area contributed by atoms with E-state index in [4.69, 9.17) is 5.11 Å². The van der Waals surface area contributed by atoms with Gasteiger partial charge >= 0.3 is 5.69 Å². The first-order valence-electron chi connectivity index (χ1n) is 6.76. The number of aliphatic hydroxyl groups is 1. The van der Waals surface area contributed by atoms with Gasteiger partial charge in [-0.2, -0.15) is 0 Å². The van der Waals surface area contributed by atoms with Crippen molar-refractivity contribution >= 4 is 11.2 Å². The monoisotopic (exact) mass is 280 g/mol. The summed E-state index contributed by atoms with van der Waals surface area (Å²) in [6.07, 6.45) is 3.01. The Morgan fingerprint density at radius 2 is 2.00 bits per heavy atom. The van der Waals surface area contributed by atoms with Crippen LogP contribution in [0.3, 0.4) is 0 Å². The molecule has 0 bridgehead atoms. The number of aromatic nitrogens is 4. The molecule has 0 atom stereocenters. The molecule has 7 heteroatoms. The molecule has 7 nitrogen and oxygen atoms in total. The lowest BCUT2D eigenvalue weighted by atomic mass is 10.3. The molecule has 1 N–H and O–H groups in total. The molecule has 0 spiro atoms. The van der Waals surface area contributed by atoms with Crippen molar-refractivity contribution in [3.05, 3.63) is 27.2 Å². The van der Waals surface area contributed by atoms with Crippen molar-refractivity contribution in [3.8, 4) is 0 Å². The predicted octanol–water partition coefficient (Wildman–Crippen LogP) is 0.250. The molecule has 0 aliphatic rings. The Kier molecular flexibility index (Phi) is 4.08. The Morgan fingerprint density at radius 1 is 1.30 bits per heavy atom. The molecule has 20 heavy (non-hydrogen) atoms. The highest BCUT2D eigenvalue weighted by Gasteiger charge is 2.17. The van der Waals surface area contributed by atoms with Crippen LogP contribution in [0.5, 0.6) is 0 Å². The Bertz CT molecular complexity index is 724. The summed E-state index contributed by atoms with van der Waals surface area (Å²) in [6.45, 7) is 4.50. The average Bonchev–Trinajstić information content (AvgIpc) is 2.80. The Morgan fingerprint density at radius 3 is 2.60 bits per heavy atom. The van der Waals surface area contributed by atoms with Crippen LogP contribution in [0.2, 0.25) is 0 Å². The van der Waals surface area contributed by atoms with Crippen LogP contribution in [-0.4, -0.2) is 30.4 Å². The number of hydrogen-bond acceptors (Lipinski definition) is 4. The van der Waals surface area contributed by atoms with E-state index in [1.165, 1.54) is 11.6 Å². The number of fused-ring (bicyclic) bond motifs is 1. The molecule has 0 aliphatic carbocycles. The SMILES string of the molecule is CC(C)n1c(=O)n(C)c(=O)c2c1ncn2CCCCO. The second-order valence-electron chi connectivity index (χ2n) is 5.15. The fourth-order valence-corrected chi connectivity index (χ4v) is 2.29. The normalized spacial score (nSPS) is 11.7. The molecular formula is C13H20N4O3. The number of hydrogen-bond donors (Lipinski definition) is 1. The van der Waals surface area contributed by atoms with Crippen LogP contribution in [0.15, 0.2) is 15.9 Å². The maximum Gasteiger partial charge on any atom is 0.332 e. The summed E-state index contributed by atoms with van der Waals surface area (Å²) >= 11 is 0. The Labute approximate surface area is 116 Å². The second kappa shape index (κ2) is 5.62. The number of nitrogens with zero attached hydrogens (tertiary/aromatic N) is 4. The molecule has 0 saturated carbocycles. The van der Waals surface area contributed by atoms with Crippen LogP contribution in [0, 0.1) is 0 Å². The van der Waals surface area contributed by atoms with Crippen LogP contribution >= 0.6 is 0 Å². The van der Waals surface area contributed by atoms with E-state index < -0.39 is 0 Å². The van der Waals surface area contributed by atoms with Gasteiger partial charge in [-0.25, -0.2) is 9.78 Å². The molecule has 110 valence electrons. The fourth-order valence-electron chi connectivity index (χ4n) is 2.29. The summed E-state index contributed by atoms with van der Waals surface area (Å²) in [6, 6.07) is -0.0717. The van der Waals surface area contributed by atoms with Gasteiger partial charge in [0.25, 0.3) is 5.56 Å². The summed E-state index contributed by atoms with van der Waals surface area (Å²) < 4.78 is 4.40. The van der Waals surface area contributed by atoms with E-state index in [1.807, 2.05) is 13.8 Å². The third kappa shape index (κ3) is 2.29. The van der Waals surface area contributed by atoms with Gasteiger partial charge in [0, 0.05) is 26.2 Å². The second-order valence-corrected chi connectivity index (χ2v) is 5.15. The molecule has 2 rings (SSSR count). The zero-order valence-corrected chi connectivity index (χ0v) is 12.0. The van der Waals surface area contributed by atoms with Crippen LogP contribution in [0.1, 0.15) is 32.7 Å². The third-order valence-electron chi connectivity index (χ3n) is 3.37. The summed E-state index contributed by atoms with van der Waals surface area (Å²) in [7, 11) is 1.48.